The molecule has 12 nitrogen and oxygen atoms in total. The molecule has 0 radical (unpaired) electrons. The van der Waals surface area contributed by atoms with Crippen LogP contribution in [-0.4, -0.2) is 96.0 Å². The summed E-state index contributed by atoms with van der Waals surface area (Å²) in [6.07, 6.45) is 23.3. The first-order chi connectivity index (χ1) is 25.0. The van der Waals surface area contributed by atoms with Crippen molar-refractivity contribution in [2.45, 2.75) is 166 Å². The first kappa shape index (κ1) is 47.6. The van der Waals surface area contributed by atoms with Crippen LogP contribution in [0, 0.1) is 0 Å². The molecule has 1 aliphatic rings. The number of rotatable bonds is 30. The maximum atomic E-state index is 12.7. The molecule has 0 saturated carbocycles. The van der Waals surface area contributed by atoms with Gasteiger partial charge in [0.1, 0.15) is 36.8 Å². The molecule has 1 heterocycles. The van der Waals surface area contributed by atoms with Crippen molar-refractivity contribution in [2.75, 3.05) is 19.0 Å². The van der Waals surface area contributed by atoms with E-state index in [-0.39, 0.29) is 19.4 Å². The largest absolute Gasteiger partial charge is 0.462 e. The second-order valence-corrected chi connectivity index (χ2v) is 14.7. The Labute approximate surface area is 312 Å². The van der Waals surface area contributed by atoms with Gasteiger partial charge in [0.25, 0.3) is 10.1 Å². The molecule has 52 heavy (non-hydrogen) atoms. The van der Waals surface area contributed by atoms with Crippen LogP contribution in [0.15, 0.2) is 48.6 Å². The summed E-state index contributed by atoms with van der Waals surface area (Å²) >= 11 is 0. The standard InChI is InChI=1S/C39H66O12S/c1-3-5-7-9-11-13-14-15-16-17-18-20-21-23-25-27-34(40)48-29-32(50-35(41)28-26-24-22-19-12-10-8-6-4-2)30-49-39-38(44)37(43)36(42)33(51-39)31-52(45,46)47/h5,7,11,13,15-16,18,20,32-33,36-39,42-44H,3-4,6,8-10,12,14,17,19,21-31H2,1-2H3,(H,45,46,47)/b7-5+,13-11+,16-15+,20-18+/t32-,33-,36-,37?,38?,39+/m1/s1. The van der Waals surface area contributed by atoms with Crippen LogP contribution in [0.25, 0.3) is 0 Å². The highest BCUT2D eigenvalue weighted by Gasteiger charge is 2.46. The summed E-state index contributed by atoms with van der Waals surface area (Å²) in [6.45, 7) is 3.54. The van der Waals surface area contributed by atoms with Gasteiger partial charge in [0, 0.05) is 12.8 Å². The average Bonchev–Trinajstić information content (AvgIpc) is 3.10. The number of aliphatic hydroxyl groups is 3. The van der Waals surface area contributed by atoms with Gasteiger partial charge < -0.3 is 34.3 Å². The van der Waals surface area contributed by atoms with Gasteiger partial charge in [-0.15, -0.1) is 0 Å². The molecule has 0 aromatic rings. The van der Waals surface area contributed by atoms with Gasteiger partial charge in [0.15, 0.2) is 12.4 Å². The van der Waals surface area contributed by atoms with Crippen molar-refractivity contribution >= 4 is 22.1 Å². The molecule has 0 spiro atoms. The SMILES string of the molecule is CC/C=C/C/C=C/C/C=C/C/C=C/CCCCC(=O)OC[C@H](CO[C@H]1O[C@H](CS(=O)(=O)O)[C@@H](O)C(O)C1O)OC(=O)CCCCCCCCCCC. The molecule has 13 heteroatoms. The maximum Gasteiger partial charge on any atom is 0.306 e. The molecule has 0 aromatic heterocycles. The molecule has 1 fully saturated rings. The first-order valence-electron chi connectivity index (χ1n) is 19.2. The van der Waals surface area contributed by atoms with Crippen LogP contribution >= 0.6 is 0 Å². The highest BCUT2D eigenvalue weighted by atomic mass is 32.2. The molecule has 1 aliphatic heterocycles. The van der Waals surface area contributed by atoms with E-state index in [0.717, 1.165) is 57.8 Å². The van der Waals surface area contributed by atoms with Crippen molar-refractivity contribution in [2.24, 2.45) is 0 Å². The smallest absolute Gasteiger partial charge is 0.306 e. The monoisotopic (exact) mass is 758 g/mol. The summed E-state index contributed by atoms with van der Waals surface area (Å²) < 4.78 is 53.7. The Morgan fingerprint density at radius 2 is 1.21 bits per heavy atom. The number of allylic oxidation sites excluding steroid dienone is 8. The summed E-state index contributed by atoms with van der Waals surface area (Å²) in [4.78, 5) is 25.2. The second kappa shape index (κ2) is 30.0. The Morgan fingerprint density at radius 1 is 0.673 bits per heavy atom. The van der Waals surface area contributed by atoms with Crippen molar-refractivity contribution < 1.29 is 56.8 Å². The van der Waals surface area contributed by atoms with Crippen molar-refractivity contribution in [3.8, 4) is 0 Å². The molecule has 6 atom stereocenters. The van der Waals surface area contributed by atoms with Crippen LogP contribution < -0.4 is 0 Å². The highest BCUT2D eigenvalue weighted by molar-refractivity contribution is 7.85. The number of carbonyl (C=O) groups excluding carboxylic acids is 2. The number of hydrogen-bond acceptors (Lipinski definition) is 11. The van der Waals surface area contributed by atoms with E-state index in [0.29, 0.717) is 12.8 Å². The van der Waals surface area contributed by atoms with E-state index >= 15 is 0 Å². The van der Waals surface area contributed by atoms with Crippen LogP contribution in [0.1, 0.15) is 129 Å². The number of esters is 2. The lowest BCUT2D eigenvalue weighted by molar-refractivity contribution is -0.297. The molecule has 0 aromatic carbocycles. The quantitative estimate of drug-likeness (QED) is 0.0272. The zero-order valence-corrected chi connectivity index (χ0v) is 32.2. The molecule has 1 rings (SSSR count). The van der Waals surface area contributed by atoms with Crippen LogP contribution in [0.5, 0.6) is 0 Å². The molecule has 1 saturated heterocycles. The van der Waals surface area contributed by atoms with E-state index in [1.54, 1.807) is 0 Å². The molecular weight excluding hydrogens is 692 g/mol. The molecule has 0 amide bonds. The van der Waals surface area contributed by atoms with Gasteiger partial charge in [0.2, 0.25) is 0 Å². The molecule has 4 N–H and O–H groups in total. The summed E-state index contributed by atoms with van der Waals surface area (Å²) in [6, 6.07) is 0. The first-order valence-corrected chi connectivity index (χ1v) is 20.8. The Bertz CT molecular complexity index is 1170. The van der Waals surface area contributed by atoms with E-state index in [4.69, 9.17) is 18.9 Å². The third-order valence-corrected chi connectivity index (χ3v) is 9.17. The van der Waals surface area contributed by atoms with Crippen LogP contribution in [-0.2, 0) is 38.7 Å². The van der Waals surface area contributed by atoms with Gasteiger partial charge in [-0.25, -0.2) is 0 Å². The lowest BCUT2D eigenvalue weighted by Crippen LogP contribution is -2.60. The van der Waals surface area contributed by atoms with E-state index in [1.807, 2.05) is 0 Å². The zero-order valence-electron chi connectivity index (χ0n) is 31.4. The van der Waals surface area contributed by atoms with Gasteiger partial charge in [-0.3, -0.25) is 14.1 Å². The van der Waals surface area contributed by atoms with Crippen LogP contribution in [0.3, 0.4) is 0 Å². The lowest BCUT2D eigenvalue weighted by Gasteiger charge is -2.40. The van der Waals surface area contributed by atoms with E-state index in [2.05, 4.69) is 62.5 Å². The minimum absolute atomic E-state index is 0.154. The average molecular weight is 759 g/mol. The predicted octanol–water partition coefficient (Wildman–Crippen LogP) is 6.44. The van der Waals surface area contributed by atoms with E-state index in [1.165, 1.54) is 32.1 Å². The summed E-state index contributed by atoms with van der Waals surface area (Å²) in [5.41, 5.74) is 0. The molecule has 300 valence electrons. The number of hydrogen-bond donors (Lipinski definition) is 4. The Balaban J connectivity index is 2.55. The number of aliphatic hydroxyl groups excluding tert-OH is 3. The Kier molecular flexibility index (Phi) is 27.5. The molecule has 2 unspecified atom stereocenters. The predicted molar refractivity (Wildman–Crippen MR) is 201 cm³/mol. The fourth-order valence-electron chi connectivity index (χ4n) is 5.43. The number of carbonyl (C=O) groups is 2. The van der Waals surface area contributed by atoms with Gasteiger partial charge in [-0.1, -0.05) is 114 Å². The van der Waals surface area contributed by atoms with Crippen LogP contribution in [0.4, 0.5) is 0 Å². The number of unbranched alkanes of at least 4 members (excludes halogenated alkanes) is 10. The number of ether oxygens (including phenoxy) is 4. The van der Waals surface area contributed by atoms with Gasteiger partial charge in [-0.05, 0) is 51.4 Å². The van der Waals surface area contributed by atoms with Crippen LogP contribution in [0.2, 0.25) is 0 Å². The van der Waals surface area contributed by atoms with E-state index in [9.17, 15) is 37.9 Å². The molecule has 0 bridgehead atoms. The van der Waals surface area contributed by atoms with Crippen molar-refractivity contribution in [1.29, 1.82) is 0 Å². The Hall–Kier alpha value is -2.39. The summed E-state index contributed by atoms with van der Waals surface area (Å²) in [7, 11) is -4.60. The zero-order chi connectivity index (χ0) is 38.5. The summed E-state index contributed by atoms with van der Waals surface area (Å²) in [5.74, 6) is -2.05. The van der Waals surface area contributed by atoms with E-state index < -0.39 is 71.2 Å². The summed E-state index contributed by atoms with van der Waals surface area (Å²) in [5, 5.41) is 30.7. The van der Waals surface area contributed by atoms with Gasteiger partial charge in [0.05, 0.1) is 6.61 Å². The third-order valence-electron chi connectivity index (χ3n) is 8.42. The minimum atomic E-state index is -4.60. The molecular formula is C39H66O12S. The Morgan fingerprint density at radius 3 is 1.81 bits per heavy atom. The maximum absolute atomic E-state index is 12.7. The van der Waals surface area contributed by atoms with Gasteiger partial charge in [-0.2, -0.15) is 8.42 Å². The van der Waals surface area contributed by atoms with Crippen molar-refractivity contribution in [3.05, 3.63) is 48.6 Å². The van der Waals surface area contributed by atoms with Gasteiger partial charge >= 0.3 is 11.9 Å². The normalized spacial score (nSPS) is 21.8. The topological polar surface area (TPSA) is 186 Å². The van der Waals surface area contributed by atoms with Crippen molar-refractivity contribution in [1.82, 2.24) is 0 Å². The molecule has 0 aliphatic carbocycles. The highest BCUT2D eigenvalue weighted by Crippen LogP contribution is 2.24. The fourth-order valence-corrected chi connectivity index (χ4v) is 6.12. The van der Waals surface area contributed by atoms with Crippen molar-refractivity contribution in [3.63, 3.8) is 0 Å². The third kappa shape index (κ3) is 24.8. The minimum Gasteiger partial charge on any atom is -0.462 e. The lowest BCUT2D eigenvalue weighted by atomic mass is 10.00. The second-order valence-electron chi connectivity index (χ2n) is 13.2. The fraction of sp³-hybridized carbons (Fsp3) is 0.744.